The van der Waals surface area contributed by atoms with E-state index in [0.29, 0.717) is 17.9 Å². The molecule has 0 aromatic heterocycles. The molecule has 3 heteroatoms. The van der Waals surface area contributed by atoms with Crippen molar-refractivity contribution in [1.82, 2.24) is 0 Å². The minimum absolute atomic E-state index is 0.267. The van der Waals surface area contributed by atoms with Gasteiger partial charge in [0.15, 0.2) is 0 Å². The highest BCUT2D eigenvalue weighted by Crippen LogP contribution is 2.29. The summed E-state index contributed by atoms with van der Waals surface area (Å²) in [5.41, 5.74) is 5.44. The van der Waals surface area contributed by atoms with E-state index in [9.17, 15) is 4.39 Å². The highest BCUT2D eigenvalue weighted by molar-refractivity contribution is 6.17. The van der Waals surface area contributed by atoms with Crippen LogP contribution in [0.2, 0.25) is 0 Å². The zero-order valence-corrected chi connectivity index (χ0v) is 17.6. The number of hydrogen-bond acceptors (Lipinski definition) is 2. The molecule has 2 rings (SSSR count). The molecule has 0 aliphatic carbocycles. The summed E-state index contributed by atoms with van der Waals surface area (Å²) in [5.74, 6) is 0.368. The highest BCUT2D eigenvalue weighted by atomic mass is 19.1. The molecule has 148 valence electrons. The average Bonchev–Trinajstić information content (AvgIpc) is 2.70. The lowest BCUT2D eigenvalue weighted by Gasteiger charge is -2.16. The molecule has 0 unspecified atom stereocenters. The summed E-state index contributed by atoms with van der Waals surface area (Å²) in [6.45, 7) is 8.90. The summed E-state index contributed by atoms with van der Waals surface area (Å²) in [4.78, 5) is 4.77. The number of rotatable bonds is 8. The Morgan fingerprint density at radius 3 is 2.50 bits per heavy atom. The van der Waals surface area contributed by atoms with Crippen LogP contribution in [0.15, 0.2) is 65.2 Å². The fraction of sp³-hybridized carbons (Fsp3) is 0.320. The molecule has 0 fully saturated rings. The van der Waals surface area contributed by atoms with Crippen LogP contribution in [0.5, 0.6) is 5.75 Å². The van der Waals surface area contributed by atoms with Crippen LogP contribution in [0.25, 0.3) is 5.57 Å². The maximum absolute atomic E-state index is 14.8. The standard InChI is InChI=1S/C25H30FNO/c1-6-8-9-14-22(23-17-20(28-5)15-16-24(23)26)19(4)25(27-7-2)21-13-11-10-12-18(21)3/h9-17H,6-8H2,1-5H3/b14-9-,22-19+,27-25+. The Labute approximate surface area is 168 Å². The first-order valence-corrected chi connectivity index (χ1v) is 9.85. The van der Waals surface area contributed by atoms with Gasteiger partial charge in [-0.3, -0.25) is 4.99 Å². The highest BCUT2D eigenvalue weighted by Gasteiger charge is 2.16. The largest absolute Gasteiger partial charge is 0.497 e. The van der Waals surface area contributed by atoms with E-state index < -0.39 is 0 Å². The third-order valence-corrected chi connectivity index (χ3v) is 4.68. The Bertz CT molecular complexity index is 893. The van der Waals surface area contributed by atoms with E-state index in [1.807, 2.05) is 32.1 Å². The lowest BCUT2D eigenvalue weighted by molar-refractivity contribution is 0.413. The maximum Gasteiger partial charge on any atom is 0.131 e. The number of ether oxygens (including phenoxy) is 1. The predicted molar refractivity (Wildman–Crippen MR) is 118 cm³/mol. The number of methoxy groups -OCH3 is 1. The summed E-state index contributed by atoms with van der Waals surface area (Å²) in [6, 6.07) is 13.0. The topological polar surface area (TPSA) is 21.6 Å². The molecule has 28 heavy (non-hydrogen) atoms. The SMILES string of the molecule is CCC\C=C/C(=C(C)\C(=N/CC)c1ccccc1C)c1cc(OC)ccc1F. The van der Waals surface area contributed by atoms with Crippen LogP contribution < -0.4 is 4.74 Å². The second-order valence-corrected chi connectivity index (χ2v) is 6.71. The molecule has 0 saturated carbocycles. The van der Waals surface area contributed by atoms with E-state index >= 15 is 0 Å². The van der Waals surface area contributed by atoms with Crippen LogP contribution >= 0.6 is 0 Å². The number of aliphatic imine (C=N–C) groups is 1. The molecule has 0 bridgehead atoms. The smallest absolute Gasteiger partial charge is 0.131 e. The van der Waals surface area contributed by atoms with Crippen molar-refractivity contribution in [2.24, 2.45) is 4.99 Å². The van der Waals surface area contributed by atoms with Gasteiger partial charge >= 0.3 is 0 Å². The summed E-state index contributed by atoms with van der Waals surface area (Å²) in [5, 5.41) is 0. The van der Waals surface area contributed by atoms with E-state index in [-0.39, 0.29) is 5.82 Å². The summed E-state index contributed by atoms with van der Waals surface area (Å²) in [7, 11) is 1.59. The quantitative estimate of drug-likeness (QED) is 0.366. The minimum atomic E-state index is -0.267. The van der Waals surface area contributed by atoms with Gasteiger partial charge in [-0.15, -0.1) is 0 Å². The number of allylic oxidation sites excluding steroid dienone is 4. The van der Waals surface area contributed by atoms with Crippen molar-refractivity contribution < 1.29 is 9.13 Å². The van der Waals surface area contributed by atoms with E-state index in [4.69, 9.17) is 9.73 Å². The second kappa shape index (κ2) is 10.6. The van der Waals surface area contributed by atoms with Gasteiger partial charge in [-0.2, -0.15) is 0 Å². The number of aryl methyl sites for hydroxylation is 1. The van der Waals surface area contributed by atoms with E-state index in [1.165, 1.54) is 6.07 Å². The van der Waals surface area contributed by atoms with Crippen molar-refractivity contribution in [2.45, 2.75) is 40.5 Å². The number of benzene rings is 2. The second-order valence-electron chi connectivity index (χ2n) is 6.71. The fourth-order valence-corrected chi connectivity index (χ4v) is 3.15. The van der Waals surface area contributed by atoms with Gasteiger partial charge < -0.3 is 4.74 Å². The minimum Gasteiger partial charge on any atom is -0.497 e. The van der Waals surface area contributed by atoms with Gasteiger partial charge in [-0.1, -0.05) is 49.8 Å². The molecular formula is C25H30FNO. The van der Waals surface area contributed by atoms with Crippen molar-refractivity contribution in [3.63, 3.8) is 0 Å². The molecule has 2 aromatic rings. The average molecular weight is 380 g/mol. The first kappa shape index (κ1) is 21.6. The monoisotopic (exact) mass is 379 g/mol. The van der Waals surface area contributed by atoms with Crippen LogP contribution in [0.1, 0.15) is 50.3 Å². The van der Waals surface area contributed by atoms with E-state index in [2.05, 4.69) is 32.1 Å². The van der Waals surface area contributed by atoms with Crippen LogP contribution in [-0.2, 0) is 0 Å². The number of halogens is 1. The Morgan fingerprint density at radius 2 is 1.86 bits per heavy atom. The Hall–Kier alpha value is -2.68. The zero-order chi connectivity index (χ0) is 20.5. The van der Waals surface area contributed by atoms with Crippen molar-refractivity contribution in [3.05, 3.63) is 82.7 Å². The first-order valence-electron chi connectivity index (χ1n) is 9.85. The summed E-state index contributed by atoms with van der Waals surface area (Å²) < 4.78 is 20.1. The van der Waals surface area contributed by atoms with Gasteiger partial charge in [0, 0.05) is 17.7 Å². The van der Waals surface area contributed by atoms with Gasteiger partial charge in [-0.05, 0) is 62.1 Å². The summed E-state index contributed by atoms with van der Waals surface area (Å²) in [6.07, 6.45) is 6.09. The molecule has 0 N–H and O–H groups in total. The number of nitrogens with zero attached hydrogens (tertiary/aromatic N) is 1. The van der Waals surface area contributed by atoms with E-state index in [0.717, 1.165) is 40.8 Å². The lowest BCUT2D eigenvalue weighted by atomic mass is 9.91. The maximum atomic E-state index is 14.8. The van der Waals surface area contributed by atoms with Crippen molar-refractivity contribution >= 4 is 11.3 Å². The molecule has 0 saturated heterocycles. The van der Waals surface area contributed by atoms with Gasteiger partial charge in [0.25, 0.3) is 0 Å². The number of hydrogen-bond donors (Lipinski definition) is 0. The molecule has 0 amide bonds. The predicted octanol–water partition coefficient (Wildman–Crippen LogP) is 6.78. The molecule has 0 heterocycles. The van der Waals surface area contributed by atoms with Crippen molar-refractivity contribution in [3.8, 4) is 5.75 Å². The molecule has 0 aliphatic rings. The lowest BCUT2D eigenvalue weighted by Crippen LogP contribution is -2.08. The molecule has 0 radical (unpaired) electrons. The number of unbranched alkanes of at least 4 members (excludes halogenated alkanes) is 1. The van der Waals surface area contributed by atoms with Gasteiger partial charge in [0.2, 0.25) is 0 Å². The molecule has 0 aliphatic heterocycles. The Kier molecular flexibility index (Phi) is 8.19. The molecular weight excluding hydrogens is 349 g/mol. The van der Waals surface area contributed by atoms with Crippen LogP contribution in [0.3, 0.4) is 0 Å². The van der Waals surface area contributed by atoms with Crippen LogP contribution in [0.4, 0.5) is 4.39 Å². The third-order valence-electron chi connectivity index (χ3n) is 4.68. The van der Waals surface area contributed by atoms with Crippen LogP contribution in [0, 0.1) is 12.7 Å². The van der Waals surface area contributed by atoms with Gasteiger partial charge in [0.05, 0.1) is 12.8 Å². The van der Waals surface area contributed by atoms with Gasteiger partial charge in [-0.25, -0.2) is 4.39 Å². The molecule has 0 spiro atoms. The fourth-order valence-electron chi connectivity index (χ4n) is 3.15. The molecule has 2 nitrogen and oxygen atoms in total. The first-order chi connectivity index (χ1) is 13.5. The zero-order valence-electron chi connectivity index (χ0n) is 17.6. The molecule has 0 atom stereocenters. The molecule has 2 aromatic carbocycles. The van der Waals surface area contributed by atoms with Gasteiger partial charge in [0.1, 0.15) is 11.6 Å². The summed E-state index contributed by atoms with van der Waals surface area (Å²) >= 11 is 0. The van der Waals surface area contributed by atoms with Crippen molar-refractivity contribution in [1.29, 1.82) is 0 Å². The van der Waals surface area contributed by atoms with Crippen molar-refractivity contribution in [2.75, 3.05) is 13.7 Å². The Balaban J connectivity index is 2.73. The normalized spacial score (nSPS) is 13.0. The van der Waals surface area contributed by atoms with E-state index in [1.54, 1.807) is 19.2 Å². The van der Waals surface area contributed by atoms with Crippen LogP contribution in [-0.4, -0.2) is 19.4 Å². The third kappa shape index (κ3) is 5.19. The Morgan fingerprint density at radius 1 is 1.11 bits per heavy atom.